The normalized spacial score (nSPS) is 21.2. The Hall–Kier alpha value is -2.89. The maximum absolute atomic E-state index is 13.0. The van der Waals surface area contributed by atoms with Gasteiger partial charge in [-0.1, -0.05) is 188 Å². The first-order valence-corrected chi connectivity index (χ1v) is 24.4. The van der Waals surface area contributed by atoms with Crippen LogP contribution in [0.4, 0.5) is 0 Å². The molecule has 9 nitrogen and oxygen atoms in total. The van der Waals surface area contributed by atoms with Crippen LogP contribution in [0.2, 0.25) is 0 Å². The average Bonchev–Trinajstić information content (AvgIpc) is 3.27. The summed E-state index contributed by atoms with van der Waals surface area (Å²) in [7, 11) is 0. The zero-order valence-electron chi connectivity index (χ0n) is 38.8. The number of aliphatic hydroxyl groups excluding tert-OH is 5. The summed E-state index contributed by atoms with van der Waals surface area (Å²) in [5.41, 5.74) is 0. The van der Waals surface area contributed by atoms with E-state index >= 15 is 0 Å². The molecular weight excluding hydrogens is 779 g/mol. The summed E-state index contributed by atoms with van der Waals surface area (Å²) in [5.74, 6) is -0.192. The van der Waals surface area contributed by atoms with Crippen LogP contribution in [0.5, 0.6) is 0 Å². The van der Waals surface area contributed by atoms with Crippen LogP contribution in [0, 0.1) is 0 Å². The van der Waals surface area contributed by atoms with Gasteiger partial charge in [0.2, 0.25) is 5.91 Å². The van der Waals surface area contributed by atoms with Crippen molar-refractivity contribution in [2.45, 2.75) is 217 Å². The Labute approximate surface area is 377 Å². The van der Waals surface area contributed by atoms with E-state index in [1.807, 2.05) is 0 Å². The van der Waals surface area contributed by atoms with Crippen molar-refractivity contribution in [2.24, 2.45) is 0 Å². The molecule has 0 radical (unpaired) electrons. The number of nitrogens with one attached hydrogen (secondary N) is 1. The molecule has 0 aromatic carbocycles. The summed E-state index contributed by atoms with van der Waals surface area (Å²) in [4.78, 5) is 13.0. The lowest BCUT2D eigenvalue weighted by molar-refractivity contribution is -0.302. The molecule has 1 aliphatic rings. The predicted octanol–water partition coefficient (Wildman–Crippen LogP) is 10.9. The molecule has 1 amide bonds. The van der Waals surface area contributed by atoms with Crippen molar-refractivity contribution < 1.29 is 39.8 Å². The monoisotopic (exact) mass is 868 g/mol. The largest absolute Gasteiger partial charge is 0.394 e. The minimum Gasteiger partial charge on any atom is -0.394 e. The third kappa shape index (κ3) is 31.9. The van der Waals surface area contributed by atoms with Gasteiger partial charge in [-0.25, -0.2) is 0 Å². The van der Waals surface area contributed by atoms with E-state index in [9.17, 15) is 30.3 Å². The smallest absolute Gasteiger partial charge is 0.220 e. The number of unbranched alkanes of at least 4 members (excludes halogenated alkanes) is 13. The van der Waals surface area contributed by atoms with E-state index in [0.717, 1.165) is 83.5 Å². The highest BCUT2D eigenvalue weighted by atomic mass is 16.7. The van der Waals surface area contributed by atoms with Crippen LogP contribution >= 0.6 is 0 Å². The number of aliphatic hydroxyl groups is 5. The number of carbonyl (C=O) groups is 1. The van der Waals surface area contributed by atoms with Crippen molar-refractivity contribution in [1.29, 1.82) is 0 Å². The highest BCUT2D eigenvalue weighted by Gasteiger charge is 2.44. The van der Waals surface area contributed by atoms with Crippen molar-refractivity contribution in [3.63, 3.8) is 0 Å². The molecule has 1 aliphatic heterocycles. The van der Waals surface area contributed by atoms with Crippen LogP contribution in [0.15, 0.2) is 97.2 Å². The first kappa shape index (κ1) is 57.1. The second-order valence-electron chi connectivity index (χ2n) is 16.5. The topological polar surface area (TPSA) is 149 Å². The molecule has 1 heterocycles. The number of hydrogen-bond acceptors (Lipinski definition) is 8. The van der Waals surface area contributed by atoms with E-state index in [0.29, 0.717) is 19.3 Å². The van der Waals surface area contributed by atoms with E-state index in [-0.39, 0.29) is 12.5 Å². The minimum absolute atomic E-state index is 0.162. The SMILES string of the molecule is CC/C=C\C/C=C\C/C=C\C/C=C\C/C=C\C/C=C\C/C=C\C/C=C\CCCCC(=O)NC(COC1OC(CO)C(O)C(O)C1O)C(O)CCCCCCCCCCCCCC. The number of ether oxygens (including phenoxy) is 2. The third-order valence-electron chi connectivity index (χ3n) is 11.0. The third-order valence-corrected chi connectivity index (χ3v) is 11.0. The Morgan fingerprint density at radius 2 is 1.00 bits per heavy atom. The van der Waals surface area contributed by atoms with Gasteiger partial charge < -0.3 is 40.3 Å². The van der Waals surface area contributed by atoms with Crippen molar-refractivity contribution in [3.05, 3.63) is 97.2 Å². The van der Waals surface area contributed by atoms with Crippen LogP contribution in [-0.2, 0) is 14.3 Å². The van der Waals surface area contributed by atoms with Crippen LogP contribution < -0.4 is 5.32 Å². The van der Waals surface area contributed by atoms with E-state index in [4.69, 9.17) is 9.47 Å². The van der Waals surface area contributed by atoms with Crippen molar-refractivity contribution in [1.82, 2.24) is 5.32 Å². The van der Waals surface area contributed by atoms with Crippen molar-refractivity contribution in [3.8, 4) is 0 Å². The molecule has 0 aromatic heterocycles. The lowest BCUT2D eigenvalue weighted by Crippen LogP contribution is -2.60. The van der Waals surface area contributed by atoms with Crippen molar-refractivity contribution >= 4 is 5.91 Å². The molecule has 7 atom stereocenters. The van der Waals surface area contributed by atoms with E-state index in [1.165, 1.54) is 57.8 Å². The molecule has 354 valence electrons. The lowest BCUT2D eigenvalue weighted by atomic mass is 9.99. The van der Waals surface area contributed by atoms with Gasteiger partial charge in [-0.15, -0.1) is 0 Å². The van der Waals surface area contributed by atoms with Gasteiger partial charge in [-0.05, 0) is 77.0 Å². The van der Waals surface area contributed by atoms with Crippen LogP contribution in [0.3, 0.4) is 0 Å². The summed E-state index contributed by atoms with van der Waals surface area (Å²) in [5, 5.41) is 54.3. The predicted molar refractivity (Wildman–Crippen MR) is 258 cm³/mol. The Morgan fingerprint density at radius 1 is 0.565 bits per heavy atom. The Balaban J connectivity index is 2.32. The summed E-state index contributed by atoms with van der Waals surface area (Å²) in [6.07, 6.45) is 52.7. The number of carbonyl (C=O) groups excluding carboxylic acids is 1. The standard InChI is InChI=1S/C53H89NO8/c1-3-5-7-9-11-13-15-17-18-19-20-21-22-23-24-25-26-27-28-29-30-31-33-35-37-39-41-43-49(57)54-46(45-61-53-52(60)51(59)50(58)48(44-55)62-53)47(56)42-40-38-36-34-32-16-14-12-10-8-6-4-2/h5,7,11,13,17-18,20-21,23-24,26-27,29-30,33,35,46-48,50-53,55-56,58-60H,3-4,6,8-10,12,14-16,19,22,25,28,31-32,34,36-45H2,1-2H3,(H,54,57)/b7-5-,13-11-,18-17-,21-20-,24-23-,27-26-,30-29-,35-33-. The Kier molecular flexibility index (Phi) is 38.8. The van der Waals surface area contributed by atoms with E-state index in [1.54, 1.807) is 0 Å². The van der Waals surface area contributed by atoms with Gasteiger partial charge in [0.25, 0.3) is 0 Å². The second-order valence-corrected chi connectivity index (χ2v) is 16.5. The van der Waals surface area contributed by atoms with Gasteiger partial charge in [0.15, 0.2) is 6.29 Å². The maximum Gasteiger partial charge on any atom is 0.220 e. The van der Waals surface area contributed by atoms with E-state index < -0.39 is 49.5 Å². The van der Waals surface area contributed by atoms with Gasteiger partial charge in [0, 0.05) is 6.42 Å². The van der Waals surface area contributed by atoms with E-state index in [2.05, 4.69) is 116 Å². The van der Waals surface area contributed by atoms with Crippen LogP contribution in [-0.4, -0.2) is 87.5 Å². The summed E-state index contributed by atoms with van der Waals surface area (Å²) >= 11 is 0. The van der Waals surface area contributed by atoms with Gasteiger partial charge >= 0.3 is 0 Å². The quantitative estimate of drug-likeness (QED) is 0.0264. The number of amides is 1. The zero-order chi connectivity index (χ0) is 45.1. The molecule has 62 heavy (non-hydrogen) atoms. The molecule has 1 saturated heterocycles. The van der Waals surface area contributed by atoms with Crippen molar-refractivity contribution in [2.75, 3.05) is 13.2 Å². The number of hydrogen-bond donors (Lipinski definition) is 6. The molecule has 0 aliphatic carbocycles. The molecule has 0 saturated carbocycles. The van der Waals surface area contributed by atoms with Gasteiger partial charge in [0.05, 0.1) is 25.4 Å². The molecule has 0 bridgehead atoms. The zero-order valence-corrected chi connectivity index (χ0v) is 38.8. The van der Waals surface area contributed by atoms with Crippen LogP contribution in [0.1, 0.15) is 174 Å². The average molecular weight is 868 g/mol. The first-order valence-electron chi connectivity index (χ1n) is 24.4. The summed E-state index contributed by atoms with van der Waals surface area (Å²) in [6.45, 7) is 3.67. The Bertz CT molecular complexity index is 1280. The number of rotatable bonds is 39. The van der Waals surface area contributed by atoms with Gasteiger partial charge in [-0.3, -0.25) is 4.79 Å². The summed E-state index contributed by atoms with van der Waals surface area (Å²) in [6, 6.07) is -0.748. The fourth-order valence-electron chi connectivity index (χ4n) is 7.06. The molecule has 0 aromatic rings. The van der Waals surface area contributed by atoms with Crippen LogP contribution in [0.25, 0.3) is 0 Å². The Morgan fingerprint density at radius 3 is 1.45 bits per heavy atom. The summed E-state index contributed by atoms with van der Waals surface area (Å²) < 4.78 is 11.2. The molecule has 1 fully saturated rings. The molecule has 0 spiro atoms. The highest BCUT2D eigenvalue weighted by Crippen LogP contribution is 2.23. The molecule has 9 heteroatoms. The van der Waals surface area contributed by atoms with Gasteiger partial charge in [0.1, 0.15) is 24.4 Å². The first-order chi connectivity index (χ1) is 30.3. The molecule has 1 rings (SSSR count). The number of allylic oxidation sites excluding steroid dienone is 16. The lowest BCUT2D eigenvalue weighted by Gasteiger charge is -2.40. The maximum atomic E-state index is 13.0. The minimum atomic E-state index is -1.57. The fourth-order valence-corrected chi connectivity index (χ4v) is 7.06. The second kappa shape index (κ2) is 42.1. The highest BCUT2D eigenvalue weighted by molar-refractivity contribution is 5.76. The van der Waals surface area contributed by atoms with Gasteiger partial charge in [-0.2, -0.15) is 0 Å². The fraction of sp³-hybridized carbons (Fsp3) is 0.679. The molecule has 7 unspecified atom stereocenters. The molecule has 6 N–H and O–H groups in total. The molecular formula is C53H89NO8.